The number of fused-ring (bicyclic) bond motifs is 1. The van der Waals surface area contributed by atoms with E-state index in [0.29, 0.717) is 6.04 Å². The minimum Gasteiger partial charge on any atom is -0.378 e. The van der Waals surface area contributed by atoms with Crippen LogP contribution in [0.2, 0.25) is 0 Å². The molecule has 1 saturated carbocycles. The quantitative estimate of drug-likeness (QED) is 0.892. The van der Waals surface area contributed by atoms with Gasteiger partial charge in [0.2, 0.25) is 0 Å². The van der Waals surface area contributed by atoms with E-state index >= 15 is 0 Å². The highest BCUT2D eigenvalue weighted by atomic mass is 16.1. The molecule has 4 heteroatoms. The van der Waals surface area contributed by atoms with Crippen molar-refractivity contribution in [2.24, 2.45) is 11.8 Å². The van der Waals surface area contributed by atoms with Crippen LogP contribution in [-0.2, 0) is 0 Å². The molecule has 3 atom stereocenters. The standard InChI is InChI=1S/C17H25N3O/c1-20(2)16-7-4-12(5-8-16)17(21)19-15-6-3-13-10-18-11-14(13)9-15/h4-5,7-8,13-15,18H,3,6,9-11H2,1-2H3,(H,19,21)/t13-,14+,15?/m0/s1. The Balaban J connectivity index is 1.58. The predicted molar refractivity (Wildman–Crippen MR) is 85.7 cm³/mol. The first-order valence-electron chi connectivity index (χ1n) is 7.92. The Morgan fingerprint density at radius 3 is 2.57 bits per heavy atom. The van der Waals surface area contributed by atoms with Crippen molar-refractivity contribution in [1.29, 1.82) is 0 Å². The van der Waals surface area contributed by atoms with Crippen LogP contribution in [0.5, 0.6) is 0 Å². The van der Waals surface area contributed by atoms with Crippen molar-refractivity contribution in [2.45, 2.75) is 25.3 Å². The van der Waals surface area contributed by atoms with E-state index < -0.39 is 0 Å². The number of nitrogens with one attached hydrogen (secondary N) is 2. The second-order valence-electron chi connectivity index (χ2n) is 6.60. The number of benzene rings is 1. The molecule has 1 aliphatic carbocycles. The monoisotopic (exact) mass is 287 g/mol. The fourth-order valence-electron chi connectivity index (χ4n) is 3.61. The summed E-state index contributed by atoms with van der Waals surface area (Å²) in [5.41, 5.74) is 1.87. The van der Waals surface area contributed by atoms with Gasteiger partial charge in [-0.2, -0.15) is 0 Å². The highest BCUT2D eigenvalue weighted by Crippen LogP contribution is 2.32. The van der Waals surface area contributed by atoms with Gasteiger partial charge in [-0.25, -0.2) is 0 Å². The summed E-state index contributed by atoms with van der Waals surface area (Å²) in [4.78, 5) is 14.4. The van der Waals surface area contributed by atoms with Gasteiger partial charge in [-0.3, -0.25) is 4.79 Å². The van der Waals surface area contributed by atoms with Crippen molar-refractivity contribution < 1.29 is 4.79 Å². The van der Waals surface area contributed by atoms with E-state index in [1.807, 2.05) is 43.3 Å². The lowest BCUT2D eigenvalue weighted by atomic mass is 9.79. The number of carbonyl (C=O) groups excluding carboxylic acids is 1. The van der Waals surface area contributed by atoms with E-state index in [0.717, 1.165) is 49.0 Å². The third-order valence-electron chi connectivity index (χ3n) is 4.93. The van der Waals surface area contributed by atoms with Crippen LogP contribution < -0.4 is 15.5 Å². The number of hydrogen-bond donors (Lipinski definition) is 2. The highest BCUT2D eigenvalue weighted by Gasteiger charge is 2.34. The summed E-state index contributed by atoms with van der Waals surface area (Å²) < 4.78 is 0. The molecule has 3 rings (SSSR count). The molecule has 2 fully saturated rings. The second-order valence-corrected chi connectivity index (χ2v) is 6.60. The molecule has 2 N–H and O–H groups in total. The van der Waals surface area contributed by atoms with Gasteiger partial charge in [0.05, 0.1) is 0 Å². The fraction of sp³-hybridized carbons (Fsp3) is 0.588. The largest absolute Gasteiger partial charge is 0.378 e. The number of rotatable bonds is 3. The van der Waals surface area contributed by atoms with Crippen LogP contribution in [0.15, 0.2) is 24.3 Å². The maximum atomic E-state index is 12.3. The Kier molecular flexibility index (Phi) is 4.15. The predicted octanol–water partition coefficient (Wildman–Crippen LogP) is 1.87. The summed E-state index contributed by atoms with van der Waals surface area (Å²) in [5.74, 6) is 1.65. The van der Waals surface area contributed by atoms with E-state index in [1.54, 1.807) is 0 Å². The van der Waals surface area contributed by atoms with Crippen LogP contribution in [0.25, 0.3) is 0 Å². The first kappa shape index (κ1) is 14.4. The maximum Gasteiger partial charge on any atom is 0.251 e. The van der Waals surface area contributed by atoms with Gasteiger partial charge in [0, 0.05) is 31.4 Å². The summed E-state index contributed by atoms with van der Waals surface area (Å²) in [6.45, 7) is 2.28. The lowest BCUT2D eigenvalue weighted by molar-refractivity contribution is 0.0913. The van der Waals surface area contributed by atoms with Gasteiger partial charge in [0.25, 0.3) is 5.91 Å². The second kappa shape index (κ2) is 6.06. The van der Waals surface area contributed by atoms with E-state index in [1.165, 1.54) is 6.42 Å². The molecule has 0 aromatic heterocycles. The van der Waals surface area contributed by atoms with Gasteiger partial charge in [-0.1, -0.05) is 0 Å². The molecule has 4 nitrogen and oxygen atoms in total. The van der Waals surface area contributed by atoms with E-state index in [2.05, 4.69) is 10.6 Å². The molecule has 114 valence electrons. The van der Waals surface area contributed by atoms with Crippen molar-refractivity contribution >= 4 is 11.6 Å². The molecule has 0 spiro atoms. The molecular weight excluding hydrogens is 262 g/mol. The summed E-state index contributed by atoms with van der Waals surface area (Å²) in [6, 6.07) is 8.15. The molecule has 1 unspecified atom stereocenters. The van der Waals surface area contributed by atoms with Gasteiger partial charge in [0.15, 0.2) is 0 Å². The summed E-state index contributed by atoms with van der Waals surface area (Å²) in [7, 11) is 4.01. The Morgan fingerprint density at radius 2 is 1.86 bits per heavy atom. The molecule has 1 aromatic carbocycles. The SMILES string of the molecule is CN(C)c1ccc(C(=O)NC2CC[C@H]3CNC[C@H]3C2)cc1. The van der Waals surface area contributed by atoms with E-state index in [-0.39, 0.29) is 5.91 Å². The molecule has 2 aliphatic rings. The Labute approximate surface area is 126 Å². The normalized spacial score (nSPS) is 28.0. The molecule has 0 bridgehead atoms. The minimum atomic E-state index is 0.0645. The van der Waals surface area contributed by atoms with Crippen molar-refractivity contribution in [3.63, 3.8) is 0 Å². The zero-order valence-corrected chi connectivity index (χ0v) is 12.9. The highest BCUT2D eigenvalue weighted by molar-refractivity contribution is 5.94. The van der Waals surface area contributed by atoms with Crippen LogP contribution in [0.1, 0.15) is 29.6 Å². The molecule has 21 heavy (non-hydrogen) atoms. The van der Waals surface area contributed by atoms with Crippen LogP contribution in [0, 0.1) is 11.8 Å². The minimum absolute atomic E-state index is 0.0645. The summed E-state index contributed by atoms with van der Waals surface area (Å²) in [6.07, 6.45) is 3.48. The first-order valence-corrected chi connectivity index (χ1v) is 7.92. The van der Waals surface area contributed by atoms with Gasteiger partial charge in [-0.05, 0) is 68.5 Å². The van der Waals surface area contributed by atoms with Crippen LogP contribution in [0.3, 0.4) is 0 Å². The summed E-state index contributed by atoms with van der Waals surface area (Å²) in [5, 5.41) is 6.69. The molecule has 1 aliphatic heterocycles. The van der Waals surface area contributed by atoms with Gasteiger partial charge < -0.3 is 15.5 Å². The Hall–Kier alpha value is -1.55. The molecule has 1 aromatic rings. The van der Waals surface area contributed by atoms with Crippen molar-refractivity contribution in [3.05, 3.63) is 29.8 Å². The molecule has 1 saturated heterocycles. The maximum absolute atomic E-state index is 12.3. The fourth-order valence-corrected chi connectivity index (χ4v) is 3.61. The van der Waals surface area contributed by atoms with E-state index in [4.69, 9.17) is 0 Å². The van der Waals surface area contributed by atoms with Gasteiger partial charge in [0.1, 0.15) is 0 Å². The average Bonchev–Trinajstić information content (AvgIpc) is 2.95. The zero-order chi connectivity index (χ0) is 14.8. The Morgan fingerprint density at radius 1 is 1.14 bits per heavy atom. The lowest BCUT2D eigenvalue weighted by Crippen LogP contribution is -2.40. The molecule has 0 radical (unpaired) electrons. The van der Waals surface area contributed by atoms with Gasteiger partial charge >= 0.3 is 0 Å². The van der Waals surface area contributed by atoms with Crippen molar-refractivity contribution in [2.75, 3.05) is 32.1 Å². The zero-order valence-electron chi connectivity index (χ0n) is 12.9. The third-order valence-corrected chi connectivity index (χ3v) is 4.93. The summed E-state index contributed by atoms with van der Waals surface area (Å²) >= 11 is 0. The lowest BCUT2D eigenvalue weighted by Gasteiger charge is -2.31. The smallest absolute Gasteiger partial charge is 0.251 e. The number of carbonyl (C=O) groups is 1. The number of nitrogens with zero attached hydrogens (tertiary/aromatic N) is 1. The number of anilines is 1. The van der Waals surface area contributed by atoms with Crippen LogP contribution >= 0.6 is 0 Å². The molecular formula is C17H25N3O. The average molecular weight is 287 g/mol. The number of amides is 1. The van der Waals surface area contributed by atoms with Crippen LogP contribution in [0.4, 0.5) is 5.69 Å². The van der Waals surface area contributed by atoms with Crippen LogP contribution in [-0.4, -0.2) is 39.1 Å². The van der Waals surface area contributed by atoms with Crippen molar-refractivity contribution in [3.8, 4) is 0 Å². The van der Waals surface area contributed by atoms with E-state index in [9.17, 15) is 4.79 Å². The third kappa shape index (κ3) is 3.21. The Bertz CT molecular complexity index is 497. The molecule has 1 heterocycles. The number of hydrogen-bond acceptors (Lipinski definition) is 3. The van der Waals surface area contributed by atoms with Crippen molar-refractivity contribution in [1.82, 2.24) is 10.6 Å². The first-order chi connectivity index (χ1) is 10.1. The topological polar surface area (TPSA) is 44.4 Å². The molecule has 1 amide bonds. The van der Waals surface area contributed by atoms with Gasteiger partial charge in [-0.15, -0.1) is 0 Å².